The third-order valence-corrected chi connectivity index (χ3v) is 2.97. The normalized spacial score (nSPS) is 11.8. The first kappa shape index (κ1) is 13.7. The highest BCUT2D eigenvalue weighted by atomic mass is 16.5. The Kier molecular flexibility index (Phi) is 3.71. The Balaban J connectivity index is 2.58. The van der Waals surface area contributed by atoms with E-state index in [2.05, 4.69) is 42.9 Å². The van der Waals surface area contributed by atoms with Crippen LogP contribution in [0.1, 0.15) is 32.2 Å². The van der Waals surface area contributed by atoms with E-state index in [0.29, 0.717) is 11.7 Å². The quantitative estimate of drug-likeness (QED) is 0.921. The molecule has 1 aromatic heterocycles. The van der Waals surface area contributed by atoms with E-state index in [0.717, 1.165) is 10.9 Å². The van der Waals surface area contributed by atoms with Gasteiger partial charge < -0.3 is 9.84 Å². The molecule has 0 aliphatic heterocycles. The molecule has 0 saturated heterocycles. The molecular formula is C15H20N2O2. The number of aryl methyl sites for hydroxylation is 1. The highest BCUT2D eigenvalue weighted by molar-refractivity contribution is 5.84. The van der Waals surface area contributed by atoms with Crippen LogP contribution in [-0.4, -0.2) is 28.3 Å². The van der Waals surface area contributed by atoms with Crippen LogP contribution in [0.5, 0.6) is 5.88 Å². The minimum atomic E-state index is -0.0243. The Labute approximate surface area is 113 Å². The van der Waals surface area contributed by atoms with E-state index in [1.165, 1.54) is 5.56 Å². The smallest absolute Gasteiger partial charge is 0.224 e. The molecule has 0 spiro atoms. The monoisotopic (exact) mass is 260 g/mol. The number of hydrogen-bond acceptors (Lipinski definition) is 4. The molecule has 19 heavy (non-hydrogen) atoms. The second-order valence-corrected chi connectivity index (χ2v) is 5.63. The molecule has 2 aromatic rings. The van der Waals surface area contributed by atoms with Crippen molar-refractivity contribution in [3.05, 3.63) is 29.6 Å². The van der Waals surface area contributed by atoms with Gasteiger partial charge in [-0.3, -0.25) is 0 Å². The first-order valence-electron chi connectivity index (χ1n) is 6.44. The van der Waals surface area contributed by atoms with Crippen LogP contribution >= 0.6 is 0 Å². The summed E-state index contributed by atoms with van der Waals surface area (Å²) in [4.78, 5) is 8.73. The van der Waals surface area contributed by atoms with E-state index in [1.807, 2.05) is 13.0 Å². The van der Waals surface area contributed by atoms with Gasteiger partial charge in [-0.15, -0.1) is 0 Å². The summed E-state index contributed by atoms with van der Waals surface area (Å²) in [6.07, 6.45) is 0. The average molecular weight is 260 g/mol. The second kappa shape index (κ2) is 5.13. The number of rotatable bonds is 3. The highest BCUT2D eigenvalue weighted by Gasteiger charge is 2.16. The molecule has 102 valence electrons. The molecule has 0 atom stereocenters. The van der Waals surface area contributed by atoms with E-state index in [9.17, 15) is 0 Å². The lowest BCUT2D eigenvalue weighted by atomic mass is 9.86. The van der Waals surface area contributed by atoms with E-state index >= 15 is 0 Å². The van der Waals surface area contributed by atoms with Gasteiger partial charge in [0.25, 0.3) is 0 Å². The van der Waals surface area contributed by atoms with Crippen molar-refractivity contribution < 1.29 is 9.84 Å². The van der Waals surface area contributed by atoms with Crippen LogP contribution < -0.4 is 4.74 Å². The van der Waals surface area contributed by atoms with Crippen molar-refractivity contribution in [1.82, 2.24) is 9.97 Å². The van der Waals surface area contributed by atoms with Gasteiger partial charge in [-0.1, -0.05) is 26.8 Å². The van der Waals surface area contributed by atoms with Crippen molar-refractivity contribution in [2.45, 2.75) is 33.1 Å². The lowest BCUT2D eigenvalue weighted by Gasteiger charge is -2.19. The van der Waals surface area contributed by atoms with E-state index in [1.54, 1.807) is 0 Å². The molecule has 0 amide bonds. The standard InChI is InChI=1S/C15H20N2O2/c1-10-16-13-6-5-11(15(2,3)4)9-12(13)14(17-10)19-8-7-18/h5-6,9,18H,7-8H2,1-4H3. The summed E-state index contributed by atoms with van der Waals surface area (Å²) in [6.45, 7) is 8.55. The Bertz CT molecular complexity index is 588. The molecule has 4 heteroatoms. The summed E-state index contributed by atoms with van der Waals surface area (Å²) in [7, 11) is 0. The van der Waals surface area contributed by atoms with Crippen LogP contribution in [0.3, 0.4) is 0 Å². The summed E-state index contributed by atoms with van der Waals surface area (Å²) in [5.41, 5.74) is 2.14. The third kappa shape index (κ3) is 3.01. The van der Waals surface area contributed by atoms with Gasteiger partial charge >= 0.3 is 0 Å². The summed E-state index contributed by atoms with van der Waals surface area (Å²) < 4.78 is 5.52. The van der Waals surface area contributed by atoms with Crippen LogP contribution in [0, 0.1) is 6.92 Å². The first-order chi connectivity index (χ1) is 8.91. The maximum atomic E-state index is 8.88. The zero-order valence-corrected chi connectivity index (χ0v) is 11.9. The predicted molar refractivity (Wildman–Crippen MR) is 75.6 cm³/mol. The first-order valence-corrected chi connectivity index (χ1v) is 6.44. The summed E-state index contributed by atoms with van der Waals surface area (Å²) in [5, 5.41) is 9.78. The molecule has 0 aliphatic carbocycles. The van der Waals surface area contributed by atoms with Crippen molar-refractivity contribution in [2.24, 2.45) is 0 Å². The third-order valence-electron chi connectivity index (χ3n) is 2.97. The molecular weight excluding hydrogens is 240 g/mol. The predicted octanol–water partition coefficient (Wildman–Crippen LogP) is 2.61. The number of nitrogens with zero attached hydrogens (tertiary/aromatic N) is 2. The fourth-order valence-electron chi connectivity index (χ4n) is 1.93. The maximum Gasteiger partial charge on any atom is 0.224 e. The van der Waals surface area contributed by atoms with Gasteiger partial charge in [0.15, 0.2) is 0 Å². The minimum Gasteiger partial charge on any atom is -0.475 e. The largest absolute Gasteiger partial charge is 0.475 e. The molecule has 0 fully saturated rings. The number of aliphatic hydroxyl groups excluding tert-OH is 1. The Morgan fingerprint density at radius 3 is 2.58 bits per heavy atom. The van der Waals surface area contributed by atoms with Crippen molar-refractivity contribution >= 4 is 10.9 Å². The molecule has 0 bridgehead atoms. The van der Waals surface area contributed by atoms with E-state index < -0.39 is 0 Å². The molecule has 0 radical (unpaired) electrons. The second-order valence-electron chi connectivity index (χ2n) is 5.63. The summed E-state index contributed by atoms with van der Waals surface area (Å²) >= 11 is 0. The van der Waals surface area contributed by atoms with Crippen molar-refractivity contribution in [2.75, 3.05) is 13.2 Å². The SMILES string of the molecule is Cc1nc(OCCO)c2cc(C(C)(C)C)ccc2n1. The molecule has 0 aliphatic rings. The van der Waals surface area contributed by atoms with Gasteiger partial charge in [0.05, 0.1) is 17.5 Å². The molecule has 1 heterocycles. The van der Waals surface area contributed by atoms with Gasteiger partial charge in [0.1, 0.15) is 12.4 Å². The average Bonchev–Trinajstić information content (AvgIpc) is 2.34. The van der Waals surface area contributed by atoms with E-state index in [4.69, 9.17) is 9.84 Å². The minimum absolute atomic E-state index is 0.0243. The van der Waals surface area contributed by atoms with Gasteiger partial charge in [-0.25, -0.2) is 4.98 Å². The van der Waals surface area contributed by atoms with Gasteiger partial charge in [0, 0.05) is 0 Å². The van der Waals surface area contributed by atoms with Crippen LogP contribution in [0.4, 0.5) is 0 Å². The lowest BCUT2D eigenvalue weighted by Crippen LogP contribution is -2.11. The van der Waals surface area contributed by atoms with Gasteiger partial charge in [-0.2, -0.15) is 4.98 Å². The summed E-state index contributed by atoms with van der Waals surface area (Å²) in [6, 6.07) is 6.16. The topological polar surface area (TPSA) is 55.2 Å². The number of fused-ring (bicyclic) bond motifs is 1. The fourth-order valence-corrected chi connectivity index (χ4v) is 1.93. The molecule has 4 nitrogen and oxygen atoms in total. The maximum absolute atomic E-state index is 8.88. The number of aliphatic hydroxyl groups is 1. The van der Waals surface area contributed by atoms with Gasteiger partial charge in [0.2, 0.25) is 5.88 Å². The molecule has 1 N–H and O–H groups in total. The molecule has 1 aromatic carbocycles. The zero-order chi connectivity index (χ0) is 14.0. The molecule has 2 rings (SSSR count). The number of hydrogen-bond donors (Lipinski definition) is 1. The van der Waals surface area contributed by atoms with Crippen LogP contribution in [0.15, 0.2) is 18.2 Å². The molecule has 0 unspecified atom stereocenters. The Hall–Kier alpha value is -1.68. The Morgan fingerprint density at radius 2 is 1.95 bits per heavy atom. The van der Waals surface area contributed by atoms with Crippen LogP contribution in [-0.2, 0) is 5.41 Å². The lowest BCUT2D eigenvalue weighted by molar-refractivity contribution is 0.198. The number of aromatic nitrogens is 2. The zero-order valence-electron chi connectivity index (χ0n) is 11.9. The number of benzene rings is 1. The van der Waals surface area contributed by atoms with Crippen molar-refractivity contribution in [1.29, 1.82) is 0 Å². The highest BCUT2D eigenvalue weighted by Crippen LogP contribution is 2.29. The van der Waals surface area contributed by atoms with Crippen LogP contribution in [0.25, 0.3) is 10.9 Å². The van der Waals surface area contributed by atoms with Crippen molar-refractivity contribution in [3.63, 3.8) is 0 Å². The van der Waals surface area contributed by atoms with Gasteiger partial charge in [-0.05, 0) is 30.0 Å². The summed E-state index contributed by atoms with van der Waals surface area (Å²) in [5.74, 6) is 1.21. The van der Waals surface area contributed by atoms with E-state index in [-0.39, 0.29) is 18.6 Å². The number of ether oxygens (including phenoxy) is 1. The fraction of sp³-hybridized carbons (Fsp3) is 0.467. The van der Waals surface area contributed by atoms with Crippen molar-refractivity contribution in [3.8, 4) is 5.88 Å². The Morgan fingerprint density at radius 1 is 1.21 bits per heavy atom. The van der Waals surface area contributed by atoms with Crippen LogP contribution in [0.2, 0.25) is 0 Å². The molecule has 0 saturated carbocycles.